The second-order valence-electron chi connectivity index (χ2n) is 8.23. The molecule has 0 spiro atoms. The summed E-state index contributed by atoms with van der Waals surface area (Å²) in [5.41, 5.74) is 2.68. The molecule has 1 aromatic rings. The number of carbonyl (C=O) groups is 2. The summed E-state index contributed by atoms with van der Waals surface area (Å²) in [4.78, 5) is 26.6. The van der Waals surface area contributed by atoms with Crippen LogP contribution in [0.4, 0.5) is 0 Å². The number of hydrogen-bond acceptors (Lipinski definition) is 3. The van der Waals surface area contributed by atoms with Gasteiger partial charge in [-0.05, 0) is 44.2 Å². The molecule has 5 heteroatoms. The van der Waals surface area contributed by atoms with E-state index in [1.165, 1.54) is 11.1 Å². The molecule has 1 fully saturated rings. The topological polar surface area (TPSA) is 61.4 Å². The first kappa shape index (κ1) is 18.9. The maximum absolute atomic E-state index is 12.1. The van der Waals surface area contributed by atoms with Crippen LogP contribution in [0.15, 0.2) is 24.3 Å². The highest BCUT2D eigenvalue weighted by Gasteiger charge is 2.30. The van der Waals surface area contributed by atoms with E-state index >= 15 is 0 Å². The Bertz CT molecular complexity index is 650. The average Bonchev–Trinajstić information content (AvgIpc) is 3.19. The van der Waals surface area contributed by atoms with E-state index in [0.29, 0.717) is 6.54 Å². The van der Waals surface area contributed by atoms with E-state index < -0.39 is 0 Å². The van der Waals surface area contributed by atoms with Crippen molar-refractivity contribution >= 4 is 11.8 Å². The van der Waals surface area contributed by atoms with Crippen molar-refractivity contribution in [3.05, 3.63) is 35.4 Å². The summed E-state index contributed by atoms with van der Waals surface area (Å²) in [5, 5.41) is 5.78. The highest BCUT2D eigenvalue weighted by molar-refractivity contribution is 5.85. The van der Waals surface area contributed by atoms with Crippen LogP contribution in [-0.2, 0) is 22.6 Å². The fourth-order valence-electron chi connectivity index (χ4n) is 4.00. The summed E-state index contributed by atoms with van der Waals surface area (Å²) in [6.45, 7) is 6.90. The van der Waals surface area contributed by atoms with Gasteiger partial charge in [0.1, 0.15) is 0 Å². The van der Waals surface area contributed by atoms with E-state index in [1.54, 1.807) is 0 Å². The largest absolute Gasteiger partial charge is 0.353 e. The van der Waals surface area contributed by atoms with Gasteiger partial charge in [0.2, 0.25) is 11.8 Å². The maximum Gasteiger partial charge on any atom is 0.239 e. The first-order valence-corrected chi connectivity index (χ1v) is 9.82. The molecule has 0 saturated heterocycles. The van der Waals surface area contributed by atoms with Crippen molar-refractivity contribution in [2.45, 2.75) is 58.0 Å². The van der Waals surface area contributed by atoms with Crippen molar-refractivity contribution < 1.29 is 9.59 Å². The van der Waals surface area contributed by atoms with E-state index in [9.17, 15) is 9.59 Å². The van der Waals surface area contributed by atoms with E-state index in [2.05, 4.69) is 53.6 Å². The lowest BCUT2D eigenvalue weighted by molar-refractivity contribution is -0.128. The van der Waals surface area contributed by atoms with Crippen LogP contribution >= 0.6 is 0 Å². The zero-order chi connectivity index (χ0) is 18.6. The number of carbonyl (C=O) groups excluding carboxylic acids is 2. The molecule has 0 unspecified atom stereocenters. The minimum absolute atomic E-state index is 0.0320. The van der Waals surface area contributed by atoms with E-state index in [0.717, 1.165) is 45.2 Å². The first-order valence-electron chi connectivity index (χ1n) is 9.82. The van der Waals surface area contributed by atoms with E-state index in [-0.39, 0.29) is 29.8 Å². The third-order valence-corrected chi connectivity index (χ3v) is 5.85. The lowest BCUT2D eigenvalue weighted by Gasteiger charge is -2.41. The SMILES string of the molecule is CC(C)(CNC(=O)CNC(=O)C1CCCC1)N1CCc2ccccc2C1. The van der Waals surface area contributed by atoms with Gasteiger partial charge in [-0.15, -0.1) is 0 Å². The van der Waals surface area contributed by atoms with Gasteiger partial charge in [0.15, 0.2) is 0 Å². The minimum atomic E-state index is -0.126. The normalized spacial score (nSPS) is 18.4. The van der Waals surface area contributed by atoms with Crippen LogP contribution in [0.3, 0.4) is 0 Å². The number of nitrogens with one attached hydrogen (secondary N) is 2. The van der Waals surface area contributed by atoms with Crippen molar-refractivity contribution in [3.8, 4) is 0 Å². The van der Waals surface area contributed by atoms with Gasteiger partial charge in [0.25, 0.3) is 0 Å². The minimum Gasteiger partial charge on any atom is -0.353 e. The van der Waals surface area contributed by atoms with E-state index in [4.69, 9.17) is 0 Å². The average molecular weight is 357 g/mol. The van der Waals surface area contributed by atoms with Gasteiger partial charge in [-0.2, -0.15) is 0 Å². The lowest BCUT2D eigenvalue weighted by atomic mass is 9.94. The Morgan fingerprint density at radius 3 is 2.54 bits per heavy atom. The molecule has 26 heavy (non-hydrogen) atoms. The molecule has 3 rings (SSSR count). The quantitative estimate of drug-likeness (QED) is 0.821. The second kappa shape index (κ2) is 8.21. The number of rotatable bonds is 6. The molecule has 1 saturated carbocycles. The number of fused-ring (bicyclic) bond motifs is 1. The number of benzene rings is 1. The molecule has 1 aromatic carbocycles. The Morgan fingerprint density at radius 2 is 1.81 bits per heavy atom. The molecular formula is C21H31N3O2. The number of nitrogens with zero attached hydrogens (tertiary/aromatic N) is 1. The third-order valence-electron chi connectivity index (χ3n) is 5.85. The highest BCUT2D eigenvalue weighted by atomic mass is 16.2. The summed E-state index contributed by atoms with van der Waals surface area (Å²) in [7, 11) is 0. The molecule has 0 aromatic heterocycles. The molecule has 2 amide bonds. The zero-order valence-corrected chi connectivity index (χ0v) is 16.0. The zero-order valence-electron chi connectivity index (χ0n) is 16.0. The fraction of sp³-hybridized carbons (Fsp3) is 0.619. The van der Waals surface area contributed by atoms with Crippen LogP contribution in [0.25, 0.3) is 0 Å². The maximum atomic E-state index is 12.1. The van der Waals surface area contributed by atoms with Crippen LogP contribution in [0.1, 0.15) is 50.7 Å². The van der Waals surface area contributed by atoms with Gasteiger partial charge in [-0.1, -0.05) is 37.1 Å². The van der Waals surface area contributed by atoms with Crippen molar-refractivity contribution in [3.63, 3.8) is 0 Å². The predicted octanol–water partition coefficient (Wildman–Crippen LogP) is 2.25. The smallest absolute Gasteiger partial charge is 0.239 e. The Labute approximate surface area is 156 Å². The molecule has 1 aliphatic carbocycles. The van der Waals surface area contributed by atoms with Crippen molar-refractivity contribution in [1.29, 1.82) is 0 Å². The molecule has 1 aliphatic heterocycles. The summed E-state index contributed by atoms with van der Waals surface area (Å²) in [6.07, 6.45) is 5.20. The summed E-state index contributed by atoms with van der Waals surface area (Å²) in [5.74, 6) is 0.0269. The Kier molecular flexibility index (Phi) is 5.97. The Hall–Kier alpha value is -1.88. The number of hydrogen-bond donors (Lipinski definition) is 2. The van der Waals surface area contributed by atoms with Gasteiger partial charge in [0, 0.05) is 31.1 Å². The molecule has 0 radical (unpaired) electrons. The van der Waals surface area contributed by atoms with Gasteiger partial charge in [0.05, 0.1) is 6.54 Å². The molecule has 0 bridgehead atoms. The van der Waals surface area contributed by atoms with Crippen LogP contribution < -0.4 is 10.6 Å². The Balaban J connectivity index is 1.44. The molecule has 5 nitrogen and oxygen atoms in total. The van der Waals surface area contributed by atoms with Crippen LogP contribution in [0.2, 0.25) is 0 Å². The molecule has 1 heterocycles. The second-order valence-corrected chi connectivity index (χ2v) is 8.23. The molecule has 2 N–H and O–H groups in total. The van der Waals surface area contributed by atoms with Crippen LogP contribution in [0, 0.1) is 5.92 Å². The standard InChI is InChI=1S/C21H31N3O2/c1-21(2,24-12-11-16-7-3-6-10-18(16)14-24)15-23-19(25)13-22-20(26)17-8-4-5-9-17/h3,6-7,10,17H,4-5,8-9,11-15H2,1-2H3,(H,22,26)(H,23,25). The molecule has 142 valence electrons. The molecule has 0 atom stereocenters. The van der Waals surface area contributed by atoms with Crippen LogP contribution in [-0.4, -0.2) is 41.9 Å². The number of amides is 2. The highest BCUT2D eigenvalue weighted by Crippen LogP contribution is 2.25. The summed E-state index contributed by atoms with van der Waals surface area (Å²) in [6, 6.07) is 8.58. The van der Waals surface area contributed by atoms with Crippen molar-refractivity contribution in [2.75, 3.05) is 19.6 Å². The van der Waals surface area contributed by atoms with Gasteiger partial charge in [-0.25, -0.2) is 0 Å². The third kappa shape index (κ3) is 4.64. The Morgan fingerprint density at radius 1 is 1.12 bits per heavy atom. The predicted molar refractivity (Wildman–Crippen MR) is 103 cm³/mol. The molecule has 2 aliphatic rings. The van der Waals surface area contributed by atoms with Gasteiger partial charge in [-0.3, -0.25) is 14.5 Å². The van der Waals surface area contributed by atoms with Gasteiger partial charge >= 0.3 is 0 Å². The van der Waals surface area contributed by atoms with Crippen molar-refractivity contribution in [2.24, 2.45) is 5.92 Å². The summed E-state index contributed by atoms with van der Waals surface area (Å²) < 4.78 is 0. The first-order chi connectivity index (χ1) is 12.5. The fourth-order valence-corrected chi connectivity index (χ4v) is 4.00. The van der Waals surface area contributed by atoms with Crippen LogP contribution in [0.5, 0.6) is 0 Å². The van der Waals surface area contributed by atoms with Crippen molar-refractivity contribution in [1.82, 2.24) is 15.5 Å². The molecular weight excluding hydrogens is 326 g/mol. The van der Waals surface area contributed by atoms with Gasteiger partial charge < -0.3 is 10.6 Å². The lowest BCUT2D eigenvalue weighted by Crippen LogP contribution is -2.54. The monoisotopic (exact) mass is 357 g/mol. The summed E-state index contributed by atoms with van der Waals surface area (Å²) >= 11 is 0. The van der Waals surface area contributed by atoms with E-state index in [1.807, 2.05) is 0 Å².